The first-order valence-corrected chi connectivity index (χ1v) is 17.9. The molecule has 0 aliphatic carbocycles. The van der Waals surface area contributed by atoms with Crippen molar-refractivity contribution >= 4 is 65.2 Å². The van der Waals surface area contributed by atoms with Gasteiger partial charge in [-0.05, 0) is 104 Å². The lowest BCUT2D eigenvalue weighted by molar-refractivity contribution is 1.18. The Labute approximate surface area is 301 Å². The number of hydrogen-bond acceptors (Lipinski definition) is 0. The third-order valence-electron chi connectivity index (χ3n) is 10.9. The molecule has 9 aromatic carbocycles. The van der Waals surface area contributed by atoms with Gasteiger partial charge < -0.3 is 9.13 Å². The molecule has 11 aromatic rings. The van der Waals surface area contributed by atoms with Crippen LogP contribution in [0.4, 0.5) is 0 Å². The van der Waals surface area contributed by atoms with Crippen molar-refractivity contribution < 1.29 is 0 Å². The molecule has 0 saturated heterocycles. The highest BCUT2D eigenvalue weighted by Gasteiger charge is 2.18. The zero-order valence-corrected chi connectivity index (χ0v) is 28.4. The molecular formula is C50H32N2. The summed E-state index contributed by atoms with van der Waals surface area (Å²) >= 11 is 0. The lowest BCUT2D eigenvalue weighted by Gasteiger charge is -2.11. The molecule has 11 rings (SSSR count). The predicted octanol–water partition coefficient (Wildman–Crippen LogP) is 13.5. The molecule has 2 heterocycles. The van der Waals surface area contributed by atoms with Gasteiger partial charge in [0, 0.05) is 32.9 Å². The first kappa shape index (κ1) is 28.9. The zero-order chi connectivity index (χ0) is 34.2. The van der Waals surface area contributed by atoms with Gasteiger partial charge >= 0.3 is 0 Å². The second-order valence-corrected chi connectivity index (χ2v) is 13.7. The Morgan fingerprint density at radius 3 is 1.65 bits per heavy atom. The molecule has 0 unspecified atom stereocenters. The van der Waals surface area contributed by atoms with Gasteiger partial charge in [0.1, 0.15) is 0 Å². The monoisotopic (exact) mass is 660 g/mol. The number of benzene rings is 9. The number of para-hydroxylation sites is 2. The maximum atomic E-state index is 2.43. The zero-order valence-electron chi connectivity index (χ0n) is 28.4. The average molecular weight is 661 g/mol. The van der Waals surface area contributed by atoms with E-state index in [2.05, 4.69) is 203 Å². The van der Waals surface area contributed by atoms with Gasteiger partial charge in [0.2, 0.25) is 0 Å². The van der Waals surface area contributed by atoms with Gasteiger partial charge in [0.05, 0.1) is 22.1 Å². The minimum absolute atomic E-state index is 1.16. The average Bonchev–Trinajstić information content (AvgIpc) is 3.73. The smallest absolute Gasteiger partial charge is 0.0547 e. The summed E-state index contributed by atoms with van der Waals surface area (Å²) < 4.78 is 4.84. The van der Waals surface area contributed by atoms with Gasteiger partial charge in [0.25, 0.3) is 0 Å². The first-order valence-electron chi connectivity index (χ1n) is 17.9. The summed E-state index contributed by atoms with van der Waals surface area (Å²) in [6.45, 7) is 0. The van der Waals surface area contributed by atoms with E-state index in [-0.39, 0.29) is 0 Å². The summed E-state index contributed by atoms with van der Waals surface area (Å²) in [6, 6.07) is 71.0. The van der Waals surface area contributed by atoms with Crippen LogP contribution in [0, 0.1) is 0 Å². The Hall–Kier alpha value is -6.90. The molecule has 52 heavy (non-hydrogen) atoms. The Balaban J connectivity index is 1.13. The highest BCUT2D eigenvalue weighted by atomic mass is 15.0. The predicted molar refractivity (Wildman–Crippen MR) is 221 cm³/mol. The van der Waals surface area contributed by atoms with Crippen LogP contribution in [0.3, 0.4) is 0 Å². The van der Waals surface area contributed by atoms with Crippen LogP contribution in [0.25, 0.3) is 98.8 Å². The normalized spacial score (nSPS) is 11.8. The van der Waals surface area contributed by atoms with Gasteiger partial charge in [-0.1, -0.05) is 133 Å². The summed E-state index contributed by atoms with van der Waals surface area (Å²) in [5, 5.41) is 10.1. The molecule has 242 valence electrons. The molecule has 0 bridgehead atoms. The van der Waals surface area contributed by atoms with Crippen LogP contribution in [0.15, 0.2) is 194 Å². The van der Waals surface area contributed by atoms with Gasteiger partial charge in [-0.15, -0.1) is 0 Å². The van der Waals surface area contributed by atoms with Crippen LogP contribution in [0.5, 0.6) is 0 Å². The highest BCUT2D eigenvalue weighted by molar-refractivity contribution is 6.17. The molecule has 0 radical (unpaired) electrons. The summed E-state index contributed by atoms with van der Waals surface area (Å²) in [6.07, 6.45) is 0. The second kappa shape index (κ2) is 11.3. The Morgan fingerprint density at radius 2 is 0.846 bits per heavy atom. The SMILES string of the molecule is c1ccc(-c2cccc3c2c2cc(-c4ccc5c(c4)c4ccccc4n5-c4ccc5ccc6ccccc6c5c4)ccc2n3-c2ccccc2)cc1. The van der Waals surface area contributed by atoms with Crippen LogP contribution >= 0.6 is 0 Å². The molecule has 0 fully saturated rings. The fraction of sp³-hybridized carbons (Fsp3) is 0. The van der Waals surface area contributed by atoms with Crippen LogP contribution in [-0.2, 0) is 0 Å². The maximum absolute atomic E-state index is 2.43. The van der Waals surface area contributed by atoms with E-state index in [9.17, 15) is 0 Å². The van der Waals surface area contributed by atoms with Gasteiger partial charge in [-0.25, -0.2) is 0 Å². The lowest BCUT2D eigenvalue weighted by atomic mass is 9.97. The molecule has 2 heteroatoms. The van der Waals surface area contributed by atoms with E-state index in [0.29, 0.717) is 0 Å². The van der Waals surface area contributed by atoms with E-state index < -0.39 is 0 Å². The summed E-state index contributed by atoms with van der Waals surface area (Å²) in [5.74, 6) is 0. The molecule has 2 aromatic heterocycles. The fourth-order valence-corrected chi connectivity index (χ4v) is 8.52. The van der Waals surface area contributed by atoms with Crippen LogP contribution in [-0.4, -0.2) is 9.13 Å². The van der Waals surface area contributed by atoms with Gasteiger partial charge in [-0.3, -0.25) is 0 Å². The largest absolute Gasteiger partial charge is 0.309 e. The Kier molecular flexibility index (Phi) is 6.28. The molecule has 2 nitrogen and oxygen atoms in total. The molecule has 0 saturated carbocycles. The summed E-state index contributed by atoms with van der Waals surface area (Å²) in [4.78, 5) is 0. The molecule has 0 aliphatic rings. The van der Waals surface area contributed by atoms with Crippen LogP contribution in [0.2, 0.25) is 0 Å². The van der Waals surface area contributed by atoms with E-state index in [1.54, 1.807) is 0 Å². The van der Waals surface area contributed by atoms with E-state index in [4.69, 9.17) is 0 Å². The molecular weight excluding hydrogens is 629 g/mol. The van der Waals surface area contributed by atoms with Crippen molar-refractivity contribution in [3.63, 3.8) is 0 Å². The number of fused-ring (bicyclic) bond motifs is 9. The minimum atomic E-state index is 1.16. The number of nitrogens with zero attached hydrogens (tertiary/aromatic N) is 2. The third-order valence-corrected chi connectivity index (χ3v) is 10.9. The standard InChI is InChI=1S/C50H32N2/c1-3-12-33(13-4-1)41-19-11-21-49-50(41)45-31-37(26-29-48(45)51(49)38-15-5-2-6-16-38)36-25-28-47-44(30-36)42-18-9-10-20-46(42)52(47)39-27-24-35-23-22-34-14-7-8-17-40(34)43(35)32-39/h1-32H. The van der Waals surface area contributed by atoms with Crippen molar-refractivity contribution in [1.29, 1.82) is 0 Å². The molecule has 0 atom stereocenters. The van der Waals surface area contributed by atoms with Crippen molar-refractivity contribution in [3.05, 3.63) is 194 Å². The van der Waals surface area contributed by atoms with Crippen LogP contribution in [0.1, 0.15) is 0 Å². The first-order chi connectivity index (χ1) is 25.8. The fourth-order valence-electron chi connectivity index (χ4n) is 8.52. The Bertz CT molecular complexity index is 3160. The molecule has 0 amide bonds. The quantitative estimate of drug-likeness (QED) is 0.166. The summed E-state index contributed by atoms with van der Waals surface area (Å²) in [7, 11) is 0. The van der Waals surface area contributed by atoms with Crippen LogP contribution < -0.4 is 0 Å². The van der Waals surface area contributed by atoms with Gasteiger partial charge in [-0.2, -0.15) is 0 Å². The van der Waals surface area contributed by atoms with Crippen molar-refractivity contribution in [2.45, 2.75) is 0 Å². The van der Waals surface area contributed by atoms with E-state index in [1.807, 2.05) is 0 Å². The van der Waals surface area contributed by atoms with Gasteiger partial charge in [0.15, 0.2) is 0 Å². The number of aromatic nitrogens is 2. The van der Waals surface area contributed by atoms with E-state index >= 15 is 0 Å². The molecule has 0 aliphatic heterocycles. The lowest BCUT2D eigenvalue weighted by Crippen LogP contribution is -1.94. The molecule has 0 spiro atoms. The topological polar surface area (TPSA) is 9.86 Å². The summed E-state index contributed by atoms with van der Waals surface area (Å²) in [5.41, 5.74) is 12.1. The van der Waals surface area contributed by atoms with Crippen molar-refractivity contribution in [2.24, 2.45) is 0 Å². The van der Waals surface area contributed by atoms with Crippen molar-refractivity contribution in [1.82, 2.24) is 9.13 Å². The minimum Gasteiger partial charge on any atom is -0.309 e. The molecule has 0 N–H and O–H groups in total. The van der Waals surface area contributed by atoms with E-state index in [0.717, 1.165) is 5.69 Å². The maximum Gasteiger partial charge on any atom is 0.0547 e. The third kappa shape index (κ3) is 4.31. The van der Waals surface area contributed by atoms with Crippen molar-refractivity contribution in [2.75, 3.05) is 0 Å². The van der Waals surface area contributed by atoms with E-state index in [1.165, 1.54) is 93.1 Å². The second-order valence-electron chi connectivity index (χ2n) is 13.7. The number of hydrogen-bond donors (Lipinski definition) is 0. The van der Waals surface area contributed by atoms with Crippen molar-refractivity contribution in [3.8, 4) is 33.6 Å². The Morgan fingerprint density at radius 1 is 0.269 bits per heavy atom. The highest BCUT2D eigenvalue weighted by Crippen LogP contribution is 2.41. The number of rotatable bonds is 4.